The van der Waals surface area contributed by atoms with Gasteiger partial charge in [0.15, 0.2) is 0 Å². The summed E-state index contributed by atoms with van der Waals surface area (Å²) in [5.41, 5.74) is 0.514. The second-order valence-corrected chi connectivity index (χ2v) is 4.12. The van der Waals surface area contributed by atoms with Crippen LogP contribution in [-0.2, 0) is 6.61 Å². The van der Waals surface area contributed by atoms with Gasteiger partial charge in [-0.05, 0) is 29.8 Å². The van der Waals surface area contributed by atoms with E-state index in [4.69, 9.17) is 14.6 Å². The molecule has 0 radical (unpaired) electrons. The summed E-state index contributed by atoms with van der Waals surface area (Å²) in [5.74, 6) is -0.137. The van der Waals surface area contributed by atoms with Gasteiger partial charge in [0, 0.05) is 6.07 Å². The van der Waals surface area contributed by atoms with Gasteiger partial charge in [0.05, 0.1) is 7.11 Å². The number of aromatic carboxylic acids is 1. The van der Waals surface area contributed by atoms with E-state index in [1.807, 2.05) is 0 Å². The number of phenols is 1. The molecule has 2 aromatic carbocycles. The Balaban J connectivity index is 2.10. The molecule has 0 atom stereocenters. The third-order valence-corrected chi connectivity index (χ3v) is 2.74. The Morgan fingerprint density at radius 3 is 2.60 bits per heavy atom. The summed E-state index contributed by atoms with van der Waals surface area (Å²) in [4.78, 5) is 10.9. The van der Waals surface area contributed by atoms with Crippen LogP contribution in [-0.4, -0.2) is 23.3 Å². The van der Waals surface area contributed by atoms with Crippen LogP contribution in [0, 0.1) is 0 Å². The summed E-state index contributed by atoms with van der Waals surface area (Å²) in [7, 11) is 1.57. The van der Waals surface area contributed by atoms with Gasteiger partial charge in [-0.3, -0.25) is 0 Å². The minimum atomic E-state index is -1.18. The third-order valence-electron chi connectivity index (χ3n) is 2.74. The van der Waals surface area contributed by atoms with Gasteiger partial charge in [0.25, 0.3) is 0 Å². The highest BCUT2D eigenvalue weighted by atomic mass is 16.5. The van der Waals surface area contributed by atoms with E-state index >= 15 is 0 Å². The highest BCUT2D eigenvalue weighted by molar-refractivity contribution is 5.90. The predicted octanol–water partition coefficient (Wildman–Crippen LogP) is 2.68. The lowest BCUT2D eigenvalue weighted by Crippen LogP contribution is -2.01. The maximum absolute atomic E-state index is 10.9. The molecule has 2 rings (SSSR count). The molecule has 0 saturated carbocycles. The van der Waals surface area contributed by atoms with Gasteiger partial charge in [0.1, 0.15) is 29.4 Å². The molecule has 2 aromatic rings. The van der Waals surface area contributed by atoms with E-state index in [1.54, 1.807) is 37.4 Å². The monoisotopic (exact) mass is 274 g/mol. The summed E-state index contributed by atoms with van der Waals surface area (Å²) in [5, 5.41) is 18.3. The van der Waals surface area contributed by atoms with Crippen LogP contribution in [0.3, 0.4) is 0 Å². The van der Waals surface area contributed by atoms with E-state index in [-0.39, 0.29) is 17.9 Å². The summed E-state index contributed by atoms with van der Waals surface area (Å²) in [6.07, 6.45) is 0. The molecule has 0 unspecified atom stereocenters. The lowest BCUT2D eigenvalue weighted by atomic mass is 10.1. The van der Waals surface area contributed by atoms with E-state index in [0.717, 1.165) is 0 Å². The van der Waals surface area contributed by atoms with E-state index in [9.17, 15) is 9.90 Å². The highest BCUT2D eigenvalue weighted by Gasteiger charge is 2.10. The van der Waals surface area contributed by atoms with Crippen molar-refractivity contribution in [2.75, 3.05) is 7.11 Å². The minimum Gasteiger partial charge on any atom is -0.507 e. The first-order valence-corrected chi connectivity index (χ1v) is 5.92. The van der Waals surface area contributed by atoms with Crippen molar-refractivity contribution in [2.45, 2.75) is 6.61 Å². The summed E-state index contributed by atoms with van der Waals surface area (Å²) < 4.78 is 10.6. The molecule has 2 N–H and O–H groups in total. The molecule has 0 heterocycles. The van der Waals surface area contributed by atoms with Crippen LogP contribution < -0.4 is 9.47 Å². The van der Waals surface area contributed by atoms with Gasteiger partial charge in [0.2, 0.25) is 0 Å². The molecule has 0 aromatic heterocycles. The van der Waals surface area contributed by atoms with Crippen LogP contribution in [0.5, 0.6) is 17.2 Å². The van der Waals surface area contributed by atoms with Gasteiger partial charge in [-0.15, -0.1) is 0 Å². The molecule has 0 aliphatic rings. The topological polar surface area (TPSA) is 76.0 Å². The number of benzene rings is 2. The Hall–Kier alpha value is -2.69. The fourth-order valence-electron chi connectivity index (χ4n) is 1.70. The van der Waals surface area contributed by atoms with Crippen LogP contribution in [0.15, 0.2) is 42.5 Å². The molecule has 0 aliphatic carbocycles. The molecular weight excluding hydrogens is 260 g/mol. The van der Waals surface area contributed by atoms with Crippen LogP contribution in [0.4, 0.5) is 0 Å². The smallest absolute Gasteiger partial charge is 0.339 e. The largest absolute Gasteiger partial charge is 0.507 e. The van der Waals surface area contributed by atoms with E-state index in [2.05, 4.69) is 0 Å². The number of hydrogen-bond acceptors (Lipinski definition) is 4. The van der Waals surface area contributed by atoms with Crippen molar-refractivity contribution in [3.05, 3.63) is 53.6 Å². The first-order chi connectivity index (χ1) is 9.60. The summed E-state index contributed by atoms with van der Waals surface area (Å²) >= 11 is 0. The number of hydrogen-bond donors (Lipinski definition) is 2. The highest BCUT2D eigenvalue weighted by Crippen LogP contribution is 2.22. The molecule has 20 heavy (non-hydrogen) atoms. The molecule has 5 nitrogen and oxygen atoms in total. The average molecular weight is 274 g/mol. The maximum atomic E-state index is 10.9. The molecule has 104 valence electrons. The lowest BCUT2D eigenvalue weighted by Gasteiger charge is -2.09. The fraction of sp³-hybridized carbons (Fsp3) is 0.133. The van der Waals surface area contributed by atoms with Crippen molar-refractivity contribution >= 4 is 5.97 Å². The predicted molar refractivity (Wildman–Crippen MR) is 72.4 cm³/mol. The fourth-order valence-corrected chi connectivity index (χ4v) is 1.70. The Bertz CT molecular complexity index is 621. The van der Waals surface area contributed by atoms with Crippen LogP contribution in [0.2, 0.25) is 0 Å². The quantitative estimate of drug-likeness (QED) is 0.876. The van der Waals surface area contributed by atoms with Crippen molar-refractivity contribution < 1.29 is 24.5 Å². The number of rotatable bonds is 5. The molecular formula is C15H14O5. The Morgan fingerprint density at radius 2 is 1.90 bits per heavy atom. The first-order valence-electron chi connectivity index (χ1n) is 5.92. The zero-order chi connectivity index (χ0) is 14.5. The van der Waals surface area contributed by atoms with Crippen LogP contribution in [0.1, 0.15) is 15.9 Å². The van der Waals surface area contributed by atoms with E-state index < -0.39 is 5.97 Å². The molecule has 0 saturated heterocycles. The molecule has 0 spiro atoms. The molecule has 0 bridgehead atoms. The Morgan fingerprint density at radius 1 is 1.15 bits per heavy atom. The first kappa shape index (κ1) is 13.7. The van der Waals surface area contributed by atoms with Crippen molar-refractivity contribution in [3.63, 3.8) is 0 Å². The number of ether oxygens (including phenoxy) is 2. The zero-order valence-corrected chi connectivity index (χ0v) is 10.9. The van der Waals surface area contributed by atoms with Crippen molar-refractivity contribution in [2.24, 2.45) is 0 Å². The van der Waals surface area contributed by atoms with E-state index in [0.29, 0.717) is 17.1 Å². The van der Waals surface area contributed by atoms with Crippen molar-refractivity contribution in [1.82, 2.24) is 0 Å². The molecule has 5 heteroatoms. The van der Waals surface area contributed by atoms with E-state index in [1.165, 1.54) is 12.1 Å². The third kappa shape index (κ3) is 3.20. The Kier molecular flexibility index (Phi) is 4.10. The van der Waals surface area contributed by atoms with Gasteiger partial charge >= 0.3 is 5.97 Å². The maximum Gasteiger partial charge on any atom is 0.339 e. The van der Waals surface area contributed by atoms with Crippen molar-refractivity contribution in [3.8, 4) is 17.2 Å². The second-order valence-electron chi connectivity index (χ2n) is 4.12. The van der Waals surface area contributed by atoms with Crippen LogP contribution >= 0.6 is 0 Å². The Labute approximate surface area is 116 Å². The van der Waals surface area contributed by atoms with Gasteiger partial charge < -0.3 is 19.7 Å². The second kappa shape index (κ2) is 5.97. The average Bonchev–Trinajstić information content (AvgIpc) is 2.46. The number of carboxylic acids is 1. The van der Waals surface area contributed by atoms with Crippen molar-refractivity contribution in [1.29, 1.82) is 0 Å². The van der Waals surface area contributed by atoms with Gasteiger partial charge in [-0.2, -0.15) is 0 Å². The lowest BCUT2D eigenvalue weighted by molar-refractivity contribution is 0.0693. The summed E-state index contributed by atoms with van der Waals surface area (Å²) in [6.45, 7) is 0.202. The number of aromatic hydroxyl groups is 1. The number of carboxylic acid groups (broad SMARTS) is 1. The minimum absolute atomic E-state index is 0.142. The van der Waals surface area contributed by atoms with Gasteiger partial charge in [-0.25, -0.2) is 4.79 Å². The van der Waals surface area contributed by atoms with Crippen LogP contribution in [0.25, 0.3) is 0 Å². The molecule has 0 aliphatic heterocycles. The normalized spacial score (nSPS) is 10.1. The molecule has 0 amide bonds. The SMILES string of the molecule is COc1cccc(OCc2ccc(O)c(C(=O)O)c2)c1. The number of methoxy groups -OCH3 is 1. The van der Waals surface area contributed by atoms with Gasteiger partial charge in [-0.1, -0.05) is 12.1 Å². The number of carbonyl (C=O) groups is 1. The molecule has 0 fully saturated rings. The zero-order valence-electron chi connectivity index (χ0n) is 10.9. The summed E-state index contributed by atoms with van der Waals surface area (Å²) in [6, 6.07) is 11.5. The standard InChI is InChI=1S/C15H14O5/c1-19-11-3-2-4-12(8-11)20-9-10-5-6-14(16)13(7-10)15(17)18/h2-8,16H,9H2,1H3,(H,17,18).